The van der Waals surface area contributed by atoms with E-state index in [1.807, 2.05) is 55.4 Å². The molecule has 6 rings (SSSR count). The highest BCUT2D eigenvalue weighted by Gasteiger charge is 2.57. The summed E-state index contributed by atoms with van der Waals surface area (Å²) in [7, 11) is 7.12. The van der Waals surface area contributed by atoms with E-state index in [9.17, 15) is 19.8 Å². The Morgan fingerprint density at radius 2 is 1.85 bits per heavy atom. The van der Waals surface area contributed by atoms with E-state index in [2.05, 4.69) is 45.3 Å². The van der Waals surface area contributed by atoms with Crippen molar-refractivity contribution >= 4 is 17.5 Å². The van der Waals surface area contributed by atoms with Crippen LogP contribution >= 0.6 is 0 Å². The molecule has 0 aromatic heterocycles. The maximum absolute atomic E-state index is 14.2. The number of nitrogens with zero attached hydrogens (tertiary/aromatic N) is 2. The zero-order valence-electron chi connectivity index (χ0n) is 32.8. The molecule has 288 valence electrons. The lowest BCUT2D eigenvalue weighted by molar-refractivity contribution is -0.183. The Bertz CT molecular complexity index is 1560. The third-order valence-corrected chi connectivity index (χ3v) is 12.2. The smallest absolute Gasteiger partial charge is 0.251 e. The van der Waals surface area contributed by atoms with Gasteiger partial charge in [0.15, 0.2) is 0 Å². The number of benzene rings is 2. The predicted octanol–water partition coefficient (Wildman–Crippen LogP) is 4.88. The minimum atomic E-state index is -0.899. The zero-order valence-corrected chi connectivity index (χ0v) is 32.8. The first-order valence-corrected chi connectivity index (χ1v) is 18.9. The zero-order chi connectivity index (χ0) is 38.1. The van der Waals surface area contributed by atoms with Crippen LogP contribution in [-0.4, -0.2) is 99.0 Å². The maximum atomic E-state index is 14.2. The molecule has 52 heavy (non-hydrogen) atoms. The van der Waals surface area contributed by atoms with Crippen LogP contribution < -0.4 is 20.3 Å². The number of amides is 2. The second-order valence-corrected chi connectivity index (χ2v) is 16.7. The first-order valence-electron chi connectivity index (χ1n) is 18.9. The van der Waals surface area contributed by atoms with Gasteiger partial charge in [0.25, 0.3) is 5.91 Å². The number of rotatable bonds is 15. The van der Waals surface area contributed by atoms with Crippen LogP contribution in [0.4, 0.5) is 5.69 Å². The molecule has 3 aliphatic carbocycles. The summed E-state index contributed by atoms with van der Waals surface area (Å²) < 4.78 is 11.5. The summed E-state index contributed by atoms with van der Waals surface area (Å²) in [6.45, 7) is 13.0. The lowest BCUT2D eigenvalue weighted by atomic mass is 9.45. The Labute approximate surface area is 310 Å². The van der Waals surface area contributed by atoms with Gasteiger partial charge in [-0.2, -0.15) is 5.06 Å². The van der Waals surface area contributed by atoms with Gasteiger partial charge in [0.2, 0.25) is 5.91 Å². The summed E-state index contributed by atoms with van der Waals surface area (Å²) in [5.41, 5.74) is 3.98. The summed E-state index contributed by atoms with van der Waals surface area (Å²) in [4.78, 5) is 36.1. The number of methoxy groups -OCH3 is 2. The number of carbonyl (C=O) groups is 2. The summed E-state index contributed by atoms with van der Waals surface area (Å²) >= 11 is 0. The summed E-state index contributed by atoms with van der Waals surface area (Å²) in [5, 5.41) is 29.4. The normalized spacial score (nSPS) is 27.8. The van der Waals surface area contributed by atoms with E-state index in [1.54, 1.807) is 26.2 Å². The van der Waals surface area contributed by atoms with Crippen LogP contribution in [0.25, 0.3) is 11.1 Å². The molecule has 4 N–H and O–H groups in total. The molecule has 11 nitrogen and oxygen atoms in total. The lowest BCUT2D eigenvalue weighted by Crippen LogP contribution is -2.62. The van der Waals surface area contributed by atoms with Crippen molar-refractivity contribution in [1.82, 2.24) is 15.7 Å². The summed E-state index contributed by atoms with van der Waals surface area (Å²) in [6, 6.07) is 10.6. The number of anilines is 1. The average molecular weight is 723 g/mol. The van der Waals surface area contributed by atoms with Gasteiger partial charge in [-0.3, -0.25) is 14.4 Å². The molecule has 11 heteroatoms. The highest BCUT2D eigenvalue weighted by atomic mass is 16.7. The third-order valence-electron chi connectivity index (χ3n) is 12.2. The van der Waals surface area contributed by atoms with Crippen molar-refractivity contribution in [2.75, 3.05) is 46.4 Å². The number of para-hydroxylation sites is 1. The van der Waals surface area contributed by atoms with Crippen LogP contribution in [0.15, 0.2) is 36.4 Å². The van der Waals surface area contributed by atoms with E-state index in [-0.39, 0.29) is 42.5 Å². The molecule has 2 aromatic carbocycles. The fourth-order valence-electron chi connectivity index (χ4n) is 9.19. The van der Waals surface area contributed by atoms with Crippen molar-refractivity contribution in [3.05, 3.63) is 47.5 Å². The number of aliphatic hydroxyl groups excluding tert-OH is 2. The molecule has 1 aliphatic heterocycles. The molecule has 1 saturated heterocycles. The van der Waals surface area contributed by atoms with Gasteiger partial charge >= 0.3 is 0 Å². The monoisotopic (exact) mass is 722 g/mol. The van der Waals surface area contributed by atoms with Gasteiger partial charge in [0.05, 0.1) is 39.0 Å². The number of hydrogen-bond acceptors (Lipinski definition) is 9. The van der Waals surface area contributed by atoms with Crippen LogP contribution in [0.5, 0.6) is 5.75 Å². The van der Waals surface area contributed by atoms with Crippen LogP contribution in [-0.2, 0) is 20.9 Å². The molecule has 3 saturated carbocycles. The highest BCUT2D eigenvalue weighted by molar-refractivity contribution is 5.97. The Balaban J connectivity index is 1.45. The number of nitrogens with one attached hydrogen (secondary N) is 2. The number of ether oxygens (including phenoxy) is 2. The van der Waals surface area contributed by atoms with Crippen LogP contribution in [0.3, 0.4) is 0 Å². The molecular formula is C41H62N4O7. The number of hydroxylamine groups is 2. The van der Waals surface area contributed by atoms with E-state index in [0.717, 1.165) is 35.2 Å². The largest absolute Gasteiger partial charge is 0.496 e. The fourth-order valence-corrected chi connectivity index (χ4v) is 9.19. The first-order chi connectivity index (χ1) is 24.6. The van der Waals surface area contributed by atoms with Gasteiger partial charge in [-0.25, -0.2) is 0 Å². The Hall–Kier alpha value is -3.22. The van der Waals surface area contributed by atoms with Crippen molar-refractivity contribution in [3.63, 3.8) is 0 Å². The third kappa shape index (κ3) is 8.14. The molecule has 1 heterocycles. The minimum absolute atomic E-state index is 0.0392. The molecule has 1 unspecified atom stereocenters. The highest BCUT2D eigenvalue weighted by Crippen LogP contribution is 2.61. The number of fused-ring (bicyclic) bond motifs is 2. The second kappa shape index (κ2) is 16.4. The van der Waals surface area contributed by atoms with Gasteiger partial charge in [-0.15, -0.1) is 0 Å². The fraction of sp³-hybridized carbons (Fsp3) is 0.659. The Morgan fingerprint density at radius 3 is 2.42 bits per heavy atom. The summed E-state index contributed by atoms with van der Waals surface area (Å²) in [6.07, 6.45) is 1.27. The van der Waals surface area contributed by atoms with Gasteiger partial charge in [0, 0.05) is 55.5 Å². The number of carbonyl (C=O) groups excluding carboxylic acids is 2. The van der Waals surface area contributed by atoms with Crippen molar-refractivity contribution in [1.29, 1.82) is 0 Å². The number of hydrogen-bond donors (Lipinski definition) is 4. The predicted molar refractivity (Wildman–Crippen MR) is 203 cm³/mol. The van der Waals surface area contributed by atoms with Crippen molar-refractivity contribution in [2.45, 2.75) is 97.7 Å². The molecule has 2 aromatic rings. The quantitative estimate of drug-likeness (QED) is 0.203. The number of aliphatic hydroxyl groups is 2. The Morgan fingerprint density at radius 1 is 1.12 bits per heavy atom. The van der Waals surface area contributed by atoms with Gasteiger partial charge < -0.3 is 35.2 Å². The molecule has 0 radical (unpaired) electrons. The van der Waals surface area contributed by atoms with Crippen LogP contribution in [0.2, 0.25) is 0 Å². The van der Waals surface area contributed by atoms with E-state index in [4.69, 9.17) is 14.3 Å². The maximum Gasteiger partial charge on any atom is 0.251 e. The molecule has 4 fully saturated rings. The Kier molecular flexibility index (Phi) is 12.6. The van der Waals surface area contributed by atoms with E-state index < -0.39 is 24.2 Å². The van der Waals surface area contributed by atoms with Gasteiger partial charge in [-0.05, 0) is 79.0 Å². The van der Waals surface area contributed by atoms with Crippen molar-refractivity contribution < 1.29 is 34.1 Å². The van der Waals surface area contributed by atoms with E-state index >= 15 is 0 Å². The van der Waals surface area contributed by atoms with E-state index in [1.165, 1.54) is 6.42 Å². The molecule has 4 aliphatic rings. The van der Waals surface area contributed by atoms with Crippen molar-refractivity contribution in [3.8, 4) is 16.9 Å². The molecule has 2 bridgehead atoms. The SMILES string of the molecule is COCC(CC(C)C)NC(=O)c1cc(-c2cccc(CN3O[C@@H](CO)[C@@H]([C@H](C)O)[C@H]3C(=O)N[C@H]3C[C@H]4C[C@@H]([C@@H]3C)C4(C)C)c2OC)cc(N(C)C)c1. The second-order valence-electron chi connectivity index (χ2n) is 16.7. The van der Waals surface area contributed by atoms with Crippen LogP contribution in [0, 0.1) is 35.0 Å². The average Bonchev–Trinajstić information content (AvgIpc) is 3.47. The van der Waals surface area contributed by atoms with Gasteiger partial charge in [0.1, 0.15) is 17.9 Å². The van der Waals surface area contributed by atoms with Gasteiger partial charge in [-0.1, -0.05) is 52.8 Å². The molecular weight excluding hydrogens is 660 g/mol. The first kappa shape index (κ1) is 40.0. The topological polar surface area (TPSA) is 133 Å². The molecule has 0 spiro atoms. The standard InChI is InChI=1S/C41H62N4O7/c1-23(2)14-30(22-50-9)42-39(48)28-15-27(16-31(17-28)44(7)8)32-13-11-12-26(38(32)51-10)20-45-37(36(25(4)47)35(21-46)52-45)40(49)43-34-19-29-18-33(24(34)3)41(29,5)6/h11-13,15-17,23-25,29-30,33-37,46-47H,14,18-22H2,1-10H3,(H,42,48)(H,43,49)/t24-,25-,29+,30?,33-,34-,35-,36+,37-/m0/s1. The van der Waals surface area contributed by atoms with Crippen molar-refractivity contribution in [2.24, 2.45) is 35.0 Å². The summed E-state index contributed by atoms with van der Waals surface area (Å²) in [5.74, 6) is 1.40. The molecule has 9 atom stereocenters. The lowest BCUT2D eigenvalue weighted by Gasteiger charge is -2.62. The van der Waals surface area contributed by atoms with Crippen LogP contribution in [0.1, 0.15) is 76.7 Å². The van der Waals surface area contributed by atoms with E-state index in [0.29, 0.717) is 41.6 Å². The minimum Gasteiger partial charge on any atom is -0.496 e. The molecule has 2 amide bonds.